The second-order valence-corrected chi connectivity index (χ2v) is 3.61. The maximum absolute atomic E-state index is 11.6. The smallest absolute Gasteiger partial charge is 0.328 e. The summed E-state index contributed by atoms with van der Waals surface area (Å²) < 4.78 is 0. The molecule has 1 aromatic rings. The summed E-state index contributed by atoms with van der Waals surface area (Å²) in [6.45, 7) is 0. The topological polar surface area (TPSA) is 91.7 Å². The van der Waals surface area contributed by atoms with Crippen LogP contribution in [0.2, 0.25) is 0 Å². The lowest BCUT2D eigenvalue weighted by Gasteiger charge is -2.00. The van der Waals surface area contributed by atoms with Gasteiger partial charge in [-0.1, -0.05) is 24.3 Å². The van der Waals surface area contributed by atoms with Crippen LogP contribution in [0.1, 0.15) is 28.8 Å². The van der Waals surface area contributed by atoms with Crippen LogP contribution in [0.15, 0.2) is 30.3 Å². The summed E-state index contributed by atoms with van der Waals surface area (Å²) in [7, 11) is 0. The summed E-state index contributed by atoms with van der Waals surface area (Å²) >= 11 is 0. The van der Waals surface area contributed by atoms with Crippen molar-refractivity contribution in [2.75, 3.05) is 0 Å². The molecule has 2 N–H and O–H groups in total. The SMILES string of the molecule is O=C(O)C=Cc1ccc(C(=O)CCC(=O)O)cc1. The molecular weight excluding hydrogens is 236 g/mol. The van der Waals surface area contributed by atoms with Crippen molar-refractivity contribution in [3.63, 3.8) is 0 Å². The highest BCUT2D eigenvalue weighted by molar-refractivity contribution is 5.97. The standard InChI is InChI=1S/C13H12O5/c14-11(6-8-13(17)18)10-4-1-9(2-5-10)3-7-12(15)16/h1-5,7H,6,8H2,(H,15,16)(H,17,18). The van der Waals surface area contributed by atoms with Crippen LogP contribution < -0.4 is 0 Å². The number of hydrogen-bond acceptors (Lipinski definition) is 3. The molecule has 0 amide bonds. The van der Waals surface area contributed by atoms with Crippen LogP contribution in [0.4, 0.5) is 0 Å². The van der Waals surface area contributed by atoms with E-state index >= 15 is 0 Å². The zero-order chi connectivity index (χ0) is 13.5. The molecule has 0 saturated carbocycles. The van der Waals surface area contributed by atoms with Crippen molar-refractivity contribution >= 4 is 23.8 Å². The van der Waals surface area contributed by atoms with Crippen LogP contribution >= 0.6 is 0 Å². The Bertz CT molecular complexity index is 485. The number of aliphatic carboxylic acids is 2. The Morgan fingerprint density at radius 3 is 2.11 bits per heavy atom. The highest BCUT2D eigenvalue weighted by Gasteiger charge is 2.07. The van der Waals surface area contributed by atoms with Crippen LogP contribution in [-0.4, -0.2) is 27.9 Å². The maximum atomic E-state index is 11.6. The molecule has 0 atom stereocenters. The first kappa shape index (κ1) is 13.6. The van der Waals surface area contributed by atoms with Crippen molar-refractivity contribution in [2.45, 2.75) is 12.8 Å². The molecule has 18 heavy (non-hydrogen) atoms. The first-order chi connectivity index (χ1) is 8.49. The van der Waals surface area contributed by atoms with Crippen molar-refractivity contribution in [1.29, 1.82) is 0 Å². The lowest BCUT2D eigenvalue weighted by Crippen LogP contribution is -2.03. The molecule has 1 aromatic carbocycles. The Balaban J connectivity index is 2.67. The van der Waals surface area contributed by atoms with Gasteiger partial charge in [0.05, 0.1) is 6.42 Å². The molecule has 5 heteroatoms. The molecule has 0 unspecified atom stereocenters. The number of carboxylic acid groups (broad SMARTS) is 2. The van der Waals surface area contributed by atoms with E-state index in [0.717, 1.165) is 6.08 Å². The minimum atomic E-state index is -1.04. The largest absolute Gasteiger partial charge is 0.481 e. The zero-order valence-corrected chi connectivity index (χ0v) is 9.50. The van der Waals surface area contributed by atoms with E-state index in [9.17, 15) is 14.4 Å². The summed E-state index contributed by atoms with van der Waals surface area (Å²) in [6, 6.07) is 6.30. The Hall–Kier alpha value is -2.43. The molecule has 0 aliphatic rings. The summed E-state index contributed by atoms with van der Waals surface area (Å²) in [5.74, 6) is -2.30. The average molecular weight is 248 g/mol. The molecule has 0 aliphatic heterocycles. The molecule has 5 nitrogen and oxygen atoms in total. The third-order valence-corrected chi connectivity index (χ3v) is 2.22. The normalized spacial score (nSPS) is 10.4. The highest BCUT2D eigenvalue weighted by atomic mass is 16.4. The van der Waals surface area contributed by atoms with E-state index < -0.39 is 11.9 Å². The van der Waals surface area contributed by atoms with Gasteiger partial charge in [-0.05, 0) is 11.6 Å². The summed E-state index contributed by atoms with van der Waals surface area (Å²) in [6.07, 6.45) is 2.17. The van der Waals surface area contributed by atoms with Crippen LogP contribution in [0.25, 0.3) is 6.08 Å². The fourth-order valence-corrected chi connectivity index (χ4v) is 1.31. The van der Waals surface area contributed by atoms with Gasteiger partial charge >= 0.3 is 11.9 Å². The van der Waals surface area contributed by atoms with Gasteiger partial charge in [-0.25, -0.2) is 4.79 Å². The highest BCUT2D eigenvalue weighted by Crippen LogP contribution is 2.09. The van der Waals surface area contributed by atoms with Crippen molar-refractivity contribution < 1.29 is 24.6 Å². The molecule has 0 saturated heterocycles. The van der Waals surface area contributed by atoms with E-state index in [4.69, 9.17) is 10.2 Å². The van der Waals surface area contributed by atoms with Gasteiger partial charge in [-0.2, -0.15) is 0 Å². The molecule has 0 aromatic heterocycles. The van der Waals surface area contributed by atoms with Gasteiger partial charge in [0.2, 0.25) is 0 Å². The van der Waals surface area contributed by atoms with E-state index in [2.05, 4.69) is 0 Å². The lowest BCUT2D eigenvalue weighted by molar-refractivity contribution is -0.137. The molecule has 0 aliphatic carbocycles. The number of rotatable bonds is 6. The number of carbonyl (C=O) groups is 3. The molecule has 94 valence electrons. The summed E-state index contributed by atoms with van der Waals surface area (Å²) in [5, 5.41) is 16.9. The average Bonchev–Trinajstić information content (AvgIpc) is 2.34. The van der Waals surface area contributed by atoms with Crippen molar-refractivity contribution in [3.8, 4) is 0 Å². The summed E-state index contributed by atoms with van der Waals surface area (Å²) in [5.41, 5.74) is 1.08. The fourth-order valence-electron chi connectivity index (χ4n) is 1.31. The molecule has 0 spiro atoms. The first-order valence-electron chi connectivity index (χ1n) is 5.25. The maximum Gasteiger partial charge on any atom is 0.328 e. The Morgan fingerprint density at radius 2 is 1.61 bits per heavy atom. The van der Waals surface area contributed by atoms with Gasteiger partial charge in [0, 0.05) is 18.1 Å². The lowest BCUT2D eigenvalue weighted by atomic mass is 10.0. The zero-order valence-electron chi connectivity index (χ0n) is 9.50. The van der Waals surface area contributed by atoms with Crippen molar-refractivity contribution in [2.24, 2.45) is 0 Å². The quantitative estimate of drug-likeness (QED) is 0.592. The van der Waals surface area contributed by atoms with Gasteiger partial charge in [0.15, 0.2) is 5.78 Å². The molecule has 0 bridgehead atoms. The second-order valence-electron chi connectivity index (χ2n) is 3.61. The predicted molar refractivity (Wildman–Crippen MR) is 64.3 cm³/mol. The van der Waals surface area contributed by atoms with E-state index in [0.29, 0.717) is 11.1 Å². The predicted octanol–water partition coefficient (Wildman–Crippen LogP) is 1.83. The molecule has 1 rings (SSSR count). The van der Waals surface area contributed by atoms with Gasteiger partial charge in [0.25, 0.3) is 0 Å². The Morgan fingerprint density at radius 1 is 1.00 bits per heavy atom. The van der Waals surface area contributed by atoms with Crippen molar-refractivity contribution in [1.82, 2.24) is 0 Å². The second kappa shape index (κ2) is 6.34. The van der Waals surface area contributed by atoms with Gasteiger partial charge < -0.3 is 10.2 Å². The van der Waals surface area contributed by atoms with Crippen LogP contribution in [0, 0.1) is 0 Å². The number of carbonyl (C=O) groups excluding carboxylic acids is 1. The number of ketones is 1. The molecular formula is C13H12O5. The van der Waals surface area contributed by atoms with E-state index in [1.807, 2.05) is 0 Å². The van der Waals surface area contributed by atoms with Gasteiger partial charge in [0.1, 0.15) is 0 Å². The van der Waals surface area contributed by atoms with Crippen molar-refractivity contribution in [3.05, 3.63) is 41.5 Å². The number of hydrogen-bond donors (Lipinski definition) is 2. The number of benzene rings is 1. The minimum Gasteiger partial charge on any atom is -0.481 e. The minimum absolute atomic E-state index is 0.0420. The van der Waals surface area contributed by atoms with Crippen LogP contribution in [0.5, 0.6) is 0 Å². The monoisotopic (exact) mass is 248 g/mol. The third kappa shape index (κ3) is 4.61. The van der Waals surface area contributed by atoms with E-state index in [1.165, 1.54) is 6.08 Å². The molecule has 0 fully saturated rings. The Labute approximate surface area is 103 Å². The third-order valence-electron chi connectivity index (χ3n) is 2.22. The van der Waals surface area contributed by atoms with Crippen LogP contribution in [0.3, 0.4) is 0 Å². The summed E-state index contributed by atoms with van der Waals surface area (Å²) in [4.78, 5) is 32.2. The van der Waals surface area contributed by atoms with Crippen LogP contribution in [-0.2, 0) is 9.59 Å². The Kier molecular flexibility index (Phi) is 4.80. The fraction of sp³-hybridized carbons (Fsp3) is 0.154. The number of carboxylic acids is 2. The molecule has 0 radical (unpaired) electrons. The van der Waals surface area contributed by atoms with Gasteiger partial charge in [-0.3, -0.25) is 9.59 Å². The first-order valence-corrected chi connectivity index (χ1v) is 5.25. The number of Topliss-reactive ketones (excluding diaryl/α,β-unsaturated/α-hetero) is 1. The van der Waals surface area contributed by atoms with E-state index in [-0.39, 0.29) is 18.6 Å². The van der Waals surface area contributed by atoms with E-state index in [1.54, 1.807) is 24.3 Å². The molecule has 0 heterocycles. The van der Waals surface area contributed by atoms with Gasteiger partial charge in [-0.15, -0.1) is 0 Å².